The van der Waals surface area contributed by atoms with Gasteiger partial charge >= 0.3 is 6.03 Å². The zero-order chi connectivity index (χ0) is 15.9. The Kier molecular flexibility index (Phi) is 5.30. The quantitative estimate of drug-likeness (QED) is 0.851. The molecule has 0 aliphatic heterocycles. The van der Waals surface area contributed by atoms with Gasteiger partial charge in [0.25, 0.3) is 0 Å². The maximum atomic E-state index is 12.3. The Balaban J connectivity index is 1.67. The van der Waals surface area contributed by atoms with Gasteiger partial charge in [0.05, 0.1) is 6.04 Å². The van der Waals surface area contributed by atoms with Gasteiger partial charge in [-0.05, 0) is 29.9 Å². The van der Waals surface area contributed by atoms with Gasteiger partial charge in [-0.15, -0.1) is 0 Å². The molecule has 0 unspecified atom stereocenters. The summed E-state index contributed by atoms with van der Waals surface area (Å²) in [7, 11) is 0. The van der Waals surface area contributed by atoms with Crippen molar-refractivity contribution in [1.29, 1.82) is 0 Å². The lowest BCUT2D eigenvalue weighted by Gasteiger charge is -2.21. The van der Waals surface area contributed by atoms with Gasteiger partial charge in [0.1, 0.15) is 0 Å². The van der Waals surface area contributed by atoms with Gasteiger partial charge in [-0.25, -0.2) is 4.79 Å². The van der Waals surface area contributed by atoms with Gasteiger partial charge in [-0.2, -0.15) is 0 Å². The largest absolute Gasteiger partial charge is 0.338 e. The third kappa shape index (κ3) is 4.35. The Labute approximate surface area is 138 Å². The standard InChI is InChI=1S/C20H24N2O/c23-20(21-15-16-9-7-8-10-16)22-19(17-11-3-1-4-12-17)18-13-5-2-6-14-18/h1-6,11-14,16,19H,7-10,15H2,(H2,21,22,23). The lowest BCUT2D eigenvalue weighted by Crippen LogP contribution is -2.40. The molecule has 2 amide bonds. The van der Waals surface area contributed by atoms with E-state index in [0.717, 1.165) is 17.7 Å². The minimum atomic E-state index is -0.124. The lowest BCUT2D eigenvalue weighted by atomic mass is 9.99. The van der Waals surface area contributed by atoms with E-state index >= 15 is 0 Å². The van der Waals surface area contributed by atoms with Crippen LogP contribution in [0.5, 0.6) is 0 Å². The van der Waals surface area contributed by atoms with Crippen molar-refractivity contribution in [3.63, 3.8) is 0 Å². The van der Waals surface area contributed by atoms with Crippen molar-refractivity contribution in [2.24, 2.45) is 5.92 Å². The van der Waals surface area contributed by atoms with E-state index in [-0.39, 0.29) is 12.1 Å². The summed E-state index contributed by atoms with van der Waals surface area (Å²) in [6.45, 7) is 0.780. The van der Waals surface area contributed by atoms with E-state index in [2.05, 4.69) is 34.9 Å². The smallest absolute Gasteiger partial charge is 0.315 e. The maximum absolute atomic E-state index is 12.3. The van der Waals surface area contributed by atoms with Crippen molar-refractivity contribution in [2.45, 2.75) is 31.7 Å². The van der Waals surface area contributed by atoms with Crippen molar-refractivity contribution in [3.8, 4) is 0 Å². The average molecular weight is 308 g/mol. The van der Waals surface area contributed by atoms with Crippen LogP contribution in [0.4, 0.5) is 4.79 Å². The molecule has 1 fully saturated rings. The average Bonchev–Trinajstić information content (AvgIpc) is 3.13. The summed E-state index contributed by atoms with van der Waals surface area (Å²) >= 11 is 0. The molecular formula is C20H24N2O. The molecule has 0 spiro atoms. The van der Waals surface area contributed by atoms with Crippen molar-refractivity contribution in [1.82, 2.24) is 10.6 Å². The van der Waals surface area contributed by atoms with E-state index in [1.54, 1.807) is 0 Å². The molecule has 3 nitrogen and oxygen atoms in total. The SMILES string of the molecule is O=C(NCC1CCCC1)NC(c1ccccc1)c1ccccc1. The van der Waals surface area contributed by atoms with Gasteiger partial charge < -0.3 is 10.6 Å². The third-order valence-corrected chi connectivity index (χ3v) is 4.57. The fraction of sp³-hybridized carbons (Fsp3) is 0.350. The second-order valence-electron chi connectivity index (χ2n) is 6.26. The zero-order valence-electron chi connectivity index (χ0n) is 13.4. The lowest BCUT2D eigenvalue weighted by molar-refractivity contribution is 0.236. The highest BCUT2D eigenvalue weighted by Crippen LogP contribution is 2.24. The number of amides is 2. The Morgan fingerprint density at radius 2 is 1.43 bits per heavy atom. The first-order valence-electron chi connectivity index (χ1n) is 8.47. The third-order valence-electron chi connectivity index (χ3n) is 4.57. The van der Waals surface area contributed by atoms with E-state index in [1.165, 1.54) is 25.7 Å². The van der Waals surface area contributed by atoms with Crippen LogP contribution in [0.25, 0.3) is 0 Å². The minimum absolute atomic E-state index is 0.0883. The van der Waals surface area contributed by atoms with Crippen LogP contribution < -0.4 is 10.6 Å². The summed E-state index contributed by atoms with van der Waals surface area (Å²) in [5.74, 6) is 0.646. The number of hydrogen-bond acceptors (Lipinski definition) is 1. The van der Waals surface area contributed by atoms with Crippen LogP contribution in [0.15, 0.2) is 60.7 Å². The van der Waals surface area contributed by atoms with E-state index < -0.39 is 0 Å². The Bertz CT molecular complexity index is 567. The molecule has 2 N–H and O–H groups in total. The van der Waals surface area contributed by atoms with E-state index in [4.69, 9.17) is 0 Å². The monoisotopic (exact) mass is 308 g/mol. The summed E-state index contributed by atoms with van der Waals surface area (Å²) in [6, 6.07) is 20.0. The zero-order valence-corrected chi connectivity index (χ0v) is 13.4. The first-order chi connectivity index (χ1) is 11.3. The van der Waals surface area contributed by atoms with Crippen LogP contribution in [0, 0.1) is 5.92 Å². The molecule has 0 bridgehead atoms. The predicted molar refractivity (Wildman–Crippen MR) is 93.2 cm³/mol. The molecule has 2 aromatic rings. The highest BCUT2D eigenvalue weighted by Gasteiger charge is 2.19. The Morgan fingerprint density at radius 1 is 0.913 bits per heavy atom. The second kappa shape index (κ2) is 7.82. The Hall–Kier alpha value is -2.29. The number of carbonyl (C=O) groups excluding carboxylic acids is 1. The normalized spacial score (nSPS) is 14.8. The molecule has 3 rings (SSSR count). The van der Waals surface area contributed by atoms with E-state index in [1.807, 2.05) is 36.4 Å². The summed E-state index contributed by atoms with van der Waals surface area (Å²) in [6.07, 6.45) is 5.07. The molecule has 0 saturated heterocycles. The highest BCUT2D eigenvalue weighted by molar-refractivity contribution is 5.75. The van der Waals surface area contributed by atoms with Crippen LogP contribution in [0.1, 0.15) is 42.9 Å². The van der Waals surface area contributed by atoms with Gasteiger partial charge in [-0.1, -0.05) is 73.5 Å². The molecule has 0 heterocycles. The second-order valence-corrected chi connectivity index (χ2v) is 6.26. The van der Waals surface area contributed by atoms with Gasteiger partial charge in [0.15, 0.2) is 0 Å². The molecule has 0 radical (unpaired) electrons. The fourth-order valence-electron chi connectivity index (χ4n) is 3.28. The van der Waals surface area contributed by atoms with Gasteiger partial charge in [0, 0.05) is 6.54 Å². The van der Waals surface area contributed by atoms with Crippen LogP contribution in [0.3, 0.4) is 0 Å². The maximum Gasteiger partial charge on any atom is 0.315 e. The predicted octanol–water partition coefficient (Wildman–Crippen LogP) is 4.27. The molecule has 0 atom stereocenters. The topological polar surface area (TPSA) is 41.1 Å². The minimum Gasteiger partial charge on any atom is -0.338 e. The number of rotatable bonds is 5. The molecule has 120 valence electrons. The number of benzene rings is 2. The summed E-state index contributed by atoms with van der Waals surface area (Å²) in [4.78, 5) is 12.3. The van der Waals surface area contributed by atoms with Crippen molar-refractivity contribution in [3.05, 3.63) is 71.8 Å². The highest BCUT2D eigenvalue weighted by atomic mass is 16.2. The van der Waals surface area contributed by atoms with E-state index in [9.17, 15) is 4.79 Å². The summed E-state index contributed by atoms with van der Waals surface area (Å²) in [5.41, 5.74) is 2.18. The van der Waals surface area contributed by atoms with Crippen molar-refractivity contribution in [2.75, 3.05) is 6.54 Å². The van der Waals surface area contributed by atoms with Crippen LogP contribution in [0.2, 0.25) is 0 Å². The number of nitrogens with one attached hydrogen (secondary N) is 2. The molecular weight excluding hydrogens is 284 g/mol. The van der Waals surface area contributed by atoms with Crippen molar-refractivity contribution < 1.29 is 4.79 Å². The molecule has 2 aromatic carbocycles. The molecule has 23 heavy (non-hydrogen) atoms. The molecule has 3 heteroatoms. The van der Waals surface area contributed by atoms with Crippen molar-refractivity contribution >= 4 is 6.03 Å². The first-order valence-corrected chi connectivity index (χ1v) is 8.47. The van der Waals surface area contributed by atoms with Crippen LogP contribution in [-0.2, 0) is 0 Å². The van der Waals surface area contributed by atoms with Gasteiger partial charge in [0.2, 0.25) is 0 Å². The van der Waals surface area contributed by atoms with E-state index in [0.29, 0.717) is 5.92 Å². The first kappa shape index (κ1) is 15.6. The number of urea groups is 1. The molecule has 1 aliphatic carbocycles. The summed E-state index contributed by atoms with van der Waals surface area (Å²) in [5, 5.41) is 6.17. The summed E-state index contributed by atoms with van der Waals surface area (Å²) < 4.78 is 0. The molecule has 1 saturated carbocycles. The van der Waals surface area contributed by atoms with Gasteiger partial charge in [-0.3, -0.25) is 0 Å². The molecule has 0 aromatic heterocycles. The molecule has 1 aliphatic rings. The number of carbonyl (C=O) groups is 1. The van der Waals surface area contributed by atoms with Crippen LogP contribution >= 0.6 is 0 Å². The Morgan fingerprint density at radius 3 is 1.96 bits per heavy atom. The fourth-order valence-corrected chi connectivity index (χ4v) is 3.28. The number of hydrogen-bond donors (Lipinski definition) is 2. The van der Waals surface area contributed by atoms with Crippen LogP contribution in [-0.4, -0.2) is 12.6 Å².